The molecule has 0 amide bonds. The zero-order valence-electron chi connectivity index (χ0n) is 16.3. The molecule has 132 valence electrons. The molecule has 3 nitrogen and oxygen atoms in total. The maximum atomic E-state index is 11.5. The second-order valence-corrected chi connectivity index (χ2v) is 17.5. The predicted molar refractivity (Wildman–Crippen MR) is 100 cm³/mol. The fraction of sp³-hybridized carbons (Fsp3) is 0.941. The molecule has 0 aliphatic rings. The van der Waals surface area contributed by atoms with Crippen LogP contribution in [-0.2, 0) is 13.6 Å². The van der Waals surface area contributed by atoms with Crippen molar-refractivity contribution in [2.75, 3.05) is 6.61 Å². The summed E-state index contributed by atoms with van der Waals surface area (Å²) in [5.74, 6) is 0.114. The first-order chi connectivity index (χ1) is 9.98. The van der Waals surface area contributed by atoms with Crippen LogP contribution >= 0.6 is 0 Å². The van der Waals surface area contributed by atoms with E-state index in [4.69, 9.17) is 8.85 Å². The summed E-state index contributed by atoms with van der Waals surface area (Å²) in [5, 5.41) is 0.115. The van der Waals surface area contributed by atoms with Gasteiger partial charge < -0.3 is 13.6 Å². The maximum Gasteiger partial charge on any atom is 0.193 e. The number of carbonyl (C=O) groups excluding carboxylic acids is 1. The Labute approximate surface area is 140 Å². The Morgan fingerprint density at radius 2 is 1.50 bits per heavy atom. The molecule has 0 saturated heterocycles. The van der Waals surface area contributed by atoms with Crippen molar-refractivity contribution in [1.29, 1.82) is 0 Å². The van der Waals surface area contributed by atoms with Crippen LogP contribution in [0.3, 0.4) is 0 Å². The van der Waals surface area contributed by atoms with Crippen LogP contribution in [0.15, 0.2) is 0 Å². The first-order valence-electron chi connectivity index (χ1n) is 8.75. The standard InChI is InChI=1S/C17H38O3Si2/c1-10-22(11-2,12-3)19-14-15(4)16(13-18)20-21(8,9)17(5,6)7/h13,15-16H,10-12,14H2,1-9H3/t15-,16-/m0/s1. The molecule has 0 aliphatic carbocycles. The molecule has 0 rings (SSSR count). The van der Waals surface area contributed by atoms with E-state index in [-0.39, 0.29) is 17.1 Å². The summed E-state index contributed by atoms with van der Waals surface area (Å²) in [5.41, 5.74) is 0. The van der Waals surface area contributed by atoms with Gasteiger partial charge in [0.15, 0.2) is 16.6 Å². The Morgan fingerprint density at radius 1 is 1.05 bits per heavy atom. The van der Waals surface area contributed by atoms with E-state index in [2.05, 4.69) is 61.6 Å². The molecule has 2 atom stereocenters. The molecule has 0 aromatic rings. The van der Waals surface area contributed by atoms with Crippen molar-refractivity contribution in [3.05, 3.63) is 0 Å². The molecule has 0 N–H and O–H groups in total. The van der Waals surface area contributed by atoms with Crippen molar-refractivity contribution >= 4 is 22.9 Å². The van der Waals surface area contributed by atoms with Crippen LogP contribution in [0.25, 0.3) is 0 Å². The molecule has 0 fully saturated rings. The Bertz CT molecular complexity index is 325. The zero-order valence-corrected chi connectivity index (χ0v) is 18.3. The van der Waals surface area contributed by atoms with Crippen molar-refractivity contribution in [3.63, 3.8) is 0 Å². The molecule has 22 heavy (non-hydrogen) atoms. The maximum absolute atomic E-state index is 11.5. The minimum Gasteiger partial charge on any atom is -0.416 e. The number of aldehydes is 1. The molecule has 0 aromatic carbocycles. The van der Waals surface area contributed by atoms with Gasteiger partial charge in [-0.1, -0.05) is 48.5 Å². The first kappa shape index (κ1) is 22.0. The lowest BCUT2D eigenvalue weighted by Crippen LogP contribution is -2.47. The van der Waals surface area contributed by atoms with E-state index in [1.54, 1.807) is 0 Å². The van der Waals surface area contributed by atoms with E-state index in [1.165, 1.54) is 0 Å². The normalized spacial score (nSPS) is 16.4. The summed E-state index contributed by atoms with van der Waals surface area (Å²) in [6, 6.07) is 3.42. The van der Waals surface area contributed by atoms with Crippen LogP contribution in [0.1, 0.15) is 48.5 Å². The number of carbonyl (C=O) groups is 1. The molecule has 0 unspecified atom stereocenters. The summed E-state index contributed by atoms with van der Waals surface area (Å²) in [4.78, 5) is 11.5. The molecule has 5 heteroatoms. The smallest absolute Gasteiger partial charge is 0.193 e. The van der Waals surface area contributed by atoms with Crippen LogP contribution in [0.5, 0.6) is 0 Å². The second-order valence-electron chi connectivity index (χ2n) is 8.01. The van der Waals surface area contributed by atoms with Gasteiger partial charge in [0.2, 0.25) is 0 Å². The summed E-state index contributed by atoms with van der Waals surface area (Å²) >= 11 is 0. The topological polar surface area (TPSA) is 35.5 Å². The summed E-state index contributed by atoms with van der Waals surface area (Å²) in [7, 11) is -3.52. The van der Waals surface area contributed by atoms with E-state index in [9.17, 15) is 4.79 Å². The Balaban J connectivity index is 4.81. The van der Waals surface area contributed by atoms with E-state index in [0.29, 0.717) is 6.61 Å². The lowest BCUT2D eigenvalue weighted by Gasteiger charge is -2.39. The third-order valence-corrected chi connectivity index (χ3v) is 14.6. The van der Waals surface area contributed by atoms with Crippen LogP contribution < -0.4 is 0 Å². The SMILES string of the molecule is CC[Si](CC)(CC)OC[C@H](C)[C@H](C=O)O[Si](C)(C)C(C)(C)C. The van der Waals surface area contributed by atoms with E-state index in [0.717, 1.165) is 24.4 Å². The van der Waals surface area contributed by atoms with E-state index >= 15 is 0 Å². The minimum atomic E-state index is -1.93. The number of rotatable bonds is 10. The summed E-state index contributed by atoms with van der Waals surface area (Å²) in [6.07, 6.45) is 0.625. The van der Waals surface area contributed by atoms with Crippen LogP contribution in [0, 0.1) is 5.92 Å². The molecule has 0 aliphatic heterocycles. The monoisotopic (exact) mass is 346 g/mol. The predicted octanol–water partition coefficient (Wildman–Crippen LogP) is 5.23. The molecular formula is C17H38O3Si2. The second kappa shape index (κ2) is 8.76. The van der Waals surface area contributed by atoms with Gasteiger partial charge in [-0.2, -0.15) is 0 Å². The molecule has 0 heterocycles. The summed E-state index contributed by atoms with van der Waals surface area (Å²) < 4.78 is 12.6. The van der Waals surface area contributed by atoms with Crippen molar-refractivity contribution in [2.24, 2.45) is 5.92 Å². The zero-order chi connectivity index (χ0) is 17.6. The van der Waals surface area contributed by atoms with E-state index in [1.807, 2.05) is 0 Å². The van der Waals surface area contributed by atoms with Gasteiger partial charge in [0.1, 0.15) is 12.4 Å². The van der Waals surface area contributed by atoms with Crippen molar-refractivity contribution in [3.8, 4) is 0 Å². The van der Waals surface area contributed by atoms with Crippen molar-refractivity contribution < 1.29 is 13.6 Å². The summed E-state index contributed by atoms with van der Waals surface area (Å²) in [6.45, 7) is 20.4. The molecule has 0 spiro atoms. The molecular weight excluding hydrogens is 308 g/mol. The molecule has 0 radical (unpaired) electrons. The highest BCUT2D eigenvalue weighted by molar-refractivity contribution is 6.74. The van der Waals surface area contributed by atoms with Gasteiger partial charge in [0.25, 0.3) is 0 Å². The average molecular weight is 347 g/mol. The number of hydrogen-bond acceptors (Lipinski definition) is 3. The van der Waals surface area contributed by atoms with Gasteiger partial charge in [-0.05, 0) is 36.3 Å². The van der Waals surface area contributed by atoms with Gasteiger partial charge in [-0.3, -0.25) is 0 Å². The van der Waals surface area contributed by atoms with Gasteiger partial charge in [0.05, 0.1) is 0 Å². The molecule has 0 saturated carbocycles. The quantitative estimate of drug-likeness (QED) is 0.401. The highest BCUT2D eigenvalue weighted by Gasteiger charge is 2.40. The van der Waals surface area contributed by atoms with Crippen LogP contribution in [0.4, 0.5) is 0 Å². The largest absolute Gasteiger partial charge is 0.416 e. The highest BCUT2D eigenvalue weighted by atomic mass is 28.4. The molecule has 0 aromatic heterocycles. The average Bonchev–Trinajstić information content (AvgIpc) is 2.45. The van der Waals surface area contributed by atoms with Crippen LogP contribution in [0.2, 0.25) is 36.3 Å². The Hall–Kier alpha value is 0.0238. The first-order valence-corrected chi connectivity index (χ1v) is 14.2. The van der Waals surface area contributed by atoms with Gasteiger partial charge in [0, 0.05) is 12.5 Å². The fourth-order valence-electron chi connectivity index (χ4n) is 2.25. The lowest BCUT2D eigenvalue weighted by molar-refractivity contribution is -0.116. The third-order valence-electron chi connectivity index (χ3n) is 5.52. The third kappa shape index (κ3) is 5.91. The fourth-order valence-corrected chi connectivity index (χ4v) is 6.30. The lowest BCUT2D eigenvalue weighted by atomic mass is 10.1. The highest BCUT2D eigenvalue weighted by Crippen LogP contribution is 2.38. The minimum absolute atomic E-state index is 0.114. The number of hydrogen-bond donors (Lipinski definition) is 0. The van der Waals surface area contributed by atoms with Crippen molar-refractivity contribution in [1.82, 2.24) is 0 Å². The van der Waals surface area contributed by atoms with E-state index < -0.39 is 16.6 Å². The Kier molecular flexibility index (Phi) is 8.77. The van der Waals surface area contributed by atoms with Gasteiger partial charge in [-0.15, -0.1) is 0 Å². The van der Waals surface area contributed by atoms with Crippen molar-refractivity contribution in [2.45, 2.75) is 90.8 Å². The van der Waals surface area contributed by atoms with Gasteiger partial charge >= 0.3 is 0 Å². The molecule has 0 bridgehead atoms. The van der Waals surface area contributed by atoms with Crippen LogP contribution in [-0.4, -0.2) is 35.6 Å². The van der Waals surface area contributed by atoms with Gasteiger partial charge in [-0.25, -0.2) is 0 Å². The Morgan fingerprint density at radius 3 is 1.82 bits per heavy atom.